The Bertz CT molecular complexity index is 835. The van der Waals surface area contributed by atoms with Crippen LogP contribution in [0.5, 0.6) is 5.75 Å². The molecule has 0 radical (unpaired) electrons. The maximum absolute atomic E-state index is 11.9. The van der Waals surface area contributed by atoms with Crippen molar-refractivity contribution in [3.63, 3.8) is 0 Å². The molecule has 3 aromatic rings. The van der Waals surface area contributed by atoms with Crippen LogP contribution < -0.4 is 10.1 Å². The van der Waals surface area contributed by atoms with Crippen molar-refractivity contribution in [2.75, 3.05) is 18.9 Å². The highest BCUT2D eigenvalue weighted by Crippen LogP contribution is 2.23. The third-order valence-electron chi connectivity index (χ3n) is 3.47. The number of aryl methyl sites for hydroxylation is 1. The number of rotatable bonds is 8. The first-order valence-corrected chi connectivity index (χ1v) is 9.17. The smallest absolute Gasteiger partial charge is 0.277 e. The molecule has 134 valence electrons. The van der Waals surface area contributed by atoms with E-state index >= 15 is 0 Å². The van der Waals surface area contributed by atoms with Gasteiger partial charge in [0.05, 0.1) is 12.3 Å². The van der Waals surface area contributed by atoms with Gasteiger partial charge in [-0.2, -0.15) is 0 Å². The lowest BCUT2D eigenvalue weighted by molar-refractivity contribution is -0.118. The molecule has 2 aromatic carbocycles. The molecule has 0 aliphatic rings. The quantitative estimate of drug-likeness (QED) is 0.485. The minimum absolute atomic E-state index is 0.109. The first kappa shape index (κ1) is 18.0. The molecule has 3 rings (SSSR count). The van der Waals surface area contributed by atoms with Crippen molar-refractivity contribution in [3.8, 4) is 17.2 Å². The van der Waals surface area contributed by atoms with Crippen LogP contribution in [0, 0.1) is 6.92 Å². The molecule has 0 fully saturated rings. The van der Waals surface area contributed by atoms with Crippen LogP contribution in [-0.2, 0) is 4.79 Å². The van der Waals surface area contributed by atoms with Gasteiger partial charge in [0.1, 0.15) is 12.4 Å². The van der Waals surface area contributed by atoms with E-state index in [0.717, 1.165) is 16.9 Å². The van der Waals surface area contributed by atoms with E-state index in [4.69, 9.17) is 9.15 Å². The summed E-state index contributed by atoms with van der Waals surface area (Å²) in [7, 11) is 0. The zero-order valence-electron chi connectivity index (χ0n) is 14.3. The monoisotopic (exact) mass is 369 g/mol. The molecule has 0 spiro atoms. The second kappa shape index (κ2) is 9.05. The molecule has 6 nitrogen and oxygen atoms in total. The number of carbonyl (C=O) groups is 1. The molecule has 0 aliphatic carbocycles. The summed E-state index contributed by atoms with van der Waals surface area (Å²) >= 11 is 1.21. The van der Waals surface area contributed by atoms with Gasteiger partial charge in [0.15, 0.2) is 0 Å². The lowest BCUT2D eigenvalue weighted by Crippen LogP contribution is -2.29. The number of nitrogens with one attached hydrogen (secondary N) is 1. The molecule has 26 heavy (non-hydrogen) atoms. The van der Waals surface area contributed by atoms with Crippen molar-refractivity contribution in [3.05, 3.63) is 60.2 Å². The lowest BCUT2D eigenvalue weighted by atomic mass is 10.1. The van der Waals surface area contributed by atoms with Gasteiger partial charge in [0, 0.05) is 5.56 Å². The highest BCUT2D eigenvalue weighted by molar-refractivity contribution is 7.99. The number of hydrogen-bond donors (Lipinski definition) is 1. The summed E-state index contributed by atoms with van der Waals surface area (Å²) in [6, 6.07) is 17.3. The van der Waals surface area contributed by atoms with E-state index in [1.807, 2.05) is 61.5 Å². The molecule has 0 saturated carbocycles. The lowest BCUT2D eigenvalue weighted by Gasteiger charge is -2.06. The molecular weight excluding hydrogens is 350 g/mol. The Labute approximate surface area is 156 Å². The third-order valence-corrected chi connectivity index (χ3v) is 4.29. The van der Waals surface area contributed by atoms with Crippen molar-refractivity contribution in [2.24, 2.45) is 0 Å². The molecule has 0 saturated heterocycles. The number of amides is 1. The number of benzene rings is 2. The van der Waals surface area contributed by atoms with Gasteiger partial charge in [-0.25, -0.2) is 0 Å². The van der Waals surface area contributed by atoms with Crippen LogP contribution in [0.4, 0.5) is 0 Å². The third kappa shape index (κ3) is 5.35. The summed E-state index contributed by atoms with van der Waals surface area (Å²) in [5.41, 5.74) is 2.02. The van der Waals surface area contributed by atoms with Crippen LogP contribution in [0.1, 0.15) is 5.56 Å². The average Bonchev–Trinajstić information content (AvgIpc) is 3.14. The van der Waals surface area contributed by atoms with Crippen LogP contribution in [-0.4, -0.2) is 35.0 Å². The standard InChI is InChI=1S/C19H19N3O3S/c1-14-7-9-15(10-8-14)18-21-22-19(25-18)26-13-17(23)20-11-12-24-16-5-3-2-4-6-16/h2-10H,11-13H2,1H3,(H,20,23). The van der Waals surface area contributed by atoms with E-state index < -0.39 is 0 Å². The largest absolute Gasteiger partial charge is 0.492 e. The summed E-state index contributed by atoms with van der Waals surface area (Å²) in [5, 5.41) is 11.1. The molecule has 7 heteroatoms. The van der Waals surface area contributed by atoms with E-state index in [1.54, 1.807) is 0 Å². The Kier molecular flexibility index (Phi) is 6.27. The summed E-state index contributed by atoms with van der Waals surface area (Å²) in [6.07, 6.45) is 0. The number of ether oxygens (including phenoxy) is 1. The maximum atomic E-state index is 11.9. The SMILES string of the molecule is Cc1ccc(-c2nnc(SCC(=O)NCCOc3ccccc3)o2)cc1. The first-order chi connectivity index (χ1) is 12.7. The normalized spacial score (nSPS) is 10.5. The number of nitrogens with zero attached hydrogens (tertiary/aromatic N) is 2. The number of thioether (sulfide) groups is 1. The van der Waals surface area contributed by atoms with Crippen LogP contribution in [0.15, 0.2) is 64.2 Å². The molecule has 1 N–H and O–H groups in total. The molecule has 0 unspecified atom stereocenters. The predicted octanol–water partition coefficient (Wildman–Crippen LogP) is 3.33. The minimum atomic E-state index is -0.109. The van der Waals surface area contributed by atoms with Crippen LogP contribution >= 0.6 is 11.8 Å². The van der Waals surface area contributed by atoms with Crippen molar-refractivity contribution in [1.82, 2.24) is 15.5 Å². The van der Waals surface area contributed by atoms with Crippen molar-refractivity contribution in [1.29, 1.82) is 0 Å². The van der Waals surface area contributed by atoms with E-state index in [0.29, 0.717) is 24.3 Å². The van der Waals surface area contributed by atoms with E-state index in [-0.39, 0.29) is 11.7 Å². The Balaban J connectivity index is 1.38. The van der Waals surface area contributed by atoms with Gasteiger partial charge in [0.25, 0.3) is 5.22 Å². The van der Waals surface area contributed by atoms with Crippen molar-refractivity contribution >= 4 is 17.7 Å². The van der Waals surface area contributed by atoms with Gasteiger partial charge in [-0.3, -0.25) is 4.79 Å². The molecular formula is C19H19N3O3S. The number of para-hydroxylation sites is 1. The van der Waals surface area contributed by atoms with Crippen LogP contribution in [0.25, 0.3) is 11.5 Å². The van der Waals surface area contributed by atoms with Gasteiger partial charge >= 0.3 is 0 Å². The fourth-order valence-electron chi connectivity index (χ4n) is 2.14. The first-order valence-electron chi connectivity index (χ1n) is 8.18. The van der Waals surface area contributed by atoms with E-state index in [1.165, 1.54) is 11.8 Å². The molecule has 0 atom stereocenters. The van der Waals surface area contributed by atoms with Gasteiger partial charge in [-0.1, -0.05) is 47.7 Å². The second-order valence-electron chi connectivity index (χ2n) is 5.54. The highest BCUT2D eigenvalue weighted by atomic mass is 32.2. The average molecular weight is 369 g/mol. The van der Waals surface area contributed by atoms with Gasteiger partial charge in [-0.15, -0.1) is 10.2 Å². The zero-order chi connectivity index (χ0) is 18.2. The highest BCUT2D eigenvalue weighted by Gasteiger charge is 2.11. The predicted molar refractivity (Wildman–Crippen MR) is 100 cm³/mol. The Morgan fingerprint density at radius 1 is 1.12 bits per heavy atom. The Morgan fingerprint density at radius 3 is 2.65 bits per heavy atom. The van der Waals surface area contributed by atoms with Gasteiger partial charge in [-0.05, 0) is 31.2 Å². The second-order valence-corrected chi connectivity index (χ2v) is 6.47. The fourth-order valence-corrected chi connectivity index (χ4v) is 2.73. The number of carbonyl (C=O) groups excluding carboxylic acids is 1. The zero-order valence-corrected chi connectivity index (χ0v) is 15.2. The molecule has 1 aromatic heterocycles. The fraction of sp³-hybridized carbons (Fsp3) is 0.211. The van der Waals surface area contributed by atoms with E-state index in [9.17, 15) is 4.79 Å². The Morgan fingerprint density at radius 2 is 1.88 bits per heavy atom. The summed E-state index contributed by atoms with van der Waals surface area (Å²) in [5.74, 6) is 1.33. The van der Waals surface area contributed by atoms with E-state index in [2.05, 4.69) is 15.5 Å². The van der Waals surface area contributed by atoms with Crippen LogP contribution in [0.3, 0.4) is 0 Å². The molecule has 1 amide bonds. The van der Waals surface area contributed by atoms with Crippen molar-refractivity contribution in [2.45, 2.75) is 12.1 Å². The summed E-state index contributed by atoms with van der Waals surface area (Å²) < 4.78 is 11.1. The molecule has 1 heterocycles. The summed E-state index contributed by atoms with van der Waals surface area (Å²) in [6.45, 7) is 2.87. The van der Waals surface area contributed by atoms with Crippen molar-refractivity contribution < 1.29 is 13.9 Å². The maximum Gasteiger partial charge on any atom is 0.277 e. The topological polar surface area (TPSA) is 77.2 Å². The minimum Gasteiger partial charge on any atom is -0.492 e. The van der Waals surface area contributed by atoms with Gasteiger partial charge < -0.3 is 14.5 Å². The van der Waals surface area contributed by atoms with Crippen LogP contribution in [0.2, 0.25) is 0 Å². The van der Waals surface area contributed by atoms with Gasteiger partial charge in [0.2, 0.25) is 11.8 Å². The number of aromatic nitrogens is 2. The molecule has 0 bridgehead atoms. The summed E-state index contributed by atoms with van der Waals surface area (Å²) in [4.78, 5) is 11.9. The number of hydrogen-bond acceptors (Lipinski definition) is 6. The Hall–Kier alpha value is -2.80. The molecule has 0 aliphatic heterocycles.